The van der Waals surface area contributed by atoms with Crippen LogP contribution in [-0.4, -0.2) is 26.1 Å². The zero-order chi connectivity index (χ0) is 19.4. The topological polar surface area (TPSA) is 64.6 Å². The summed E-state index contributed by atoms with van der Waals surface area (Å²) in [5, 5.41) is 5.61. The van der Waals surface area contributed by atoms with E-state index in [0.717, 1.165) is 5.56 Å². The van der Waals surface area contributed by atoms with Crippen LogP contribution in [-0.2, 0) is 4.74 Å². The Morgan fingerprint density at radius 2 is 1.81 bits per heavy atom. The summed E-state index contributed by atoms with van der Waals surface area (Å²) in [5.74, 6) is -0.297. The van der Waals surface area contributed by atoms with Gasteiger partial charge in [0.25, 0.3) is 5.91 Å². The van der Waals surface area contributed by atoms with E-state index < -0.39 is 5.97 Å². The molecule has 1 heterocycles. The van der Waals surface area contributed by atoms with Crippen LogP contribution < -0.4 is 10.1 Å². The fourth-order valence-corrected chi connectivity index (χ4v) is 3.61. The molecule has 7 heteroatoms. The van der Waals surface area contributed by atoms with Gasteiger partial charge in [0.2, 0.25) is 0 Å². The molecule has 3 aromatic rings. The second-order valence-corrected chi connectivity index (χ2v) is 6.85. The molecule has 5 nitrogen and oxygen atoms in total. The maximum atomic E-state index is 12.6. The number of hydrogen-bond acceptors (Lipinski definition) is 5. The molecule has 0 atom stereocenters. The second-order valence-electron chi connectivity index (χ2n) is 5.54. The largest absolute Gasteiger partial charge is 0.497 e. The molecule has 1 amide bonds. The number of amides is 1. The number of benzene rings is 2. The highest BCUT2D eigenvalue weighted by atomic mass is 35.5. The van der Waals surface area contributed by atoms with E-state index in [-0.39, 0.29) is 5.91 Å². The van der Waals surface area contributed by atoms with Crippen LogP contribution in [0, 0.1) is 0 Å². The molecule has 0 saturated carbocycles. The number of halogens is 1. The van der Waals surface area contributed by atoms with Gasteiger partial charge < -0.3 is 14.8 Å². The monoisotopic (exact) mass is 401 g/mol. The quantitative estimate of drug-likeness (QED) is 0.603. The van der Waals surface area contributed by atoms with Gasteiger partial charge >= 0.3 is 5.97 Å². The van der Waals surface area contributed by atoms with E-state index in [2.05, 4.69) is 5.32 Å². The Labute approximate surface area is 165 Å². The average Bonchev–Trinajstić information content (AvgIpc) is 3.11. The lowest BCUT2D eigenvalue weighted by molar-refractivity contribution is 0.0603. The molecule has 0 unspecified atom stereocenters. The average molecular weight is 402 g/mol. The number of thiophene rings is 1. The van der Waals surface area contributed by atoms with Gasteiger partial charge in [0.05, 0.1) is 14.2 Å². The summed E-state index contributed by atoms with van der Waals surface area (Å²) in [4.78, 5) is 25.0. The molecule has 2 aromatic carbocycles. The van der Waals surface area contributed by atoms with Gasteiger partial charge in [-0.25, -0.2) is 4.79 Å². The van der Waals surface area contributed by atoms with E-state index >= 15 is 0 Å². The Balaban J connectivity index is 1.96. The van der Waals surface area contributed by atoms with Crippen molar-refractivity contribution in [2.75, 3.05) is 19.5 Å². The van der Waals surface area contributed by atoms with Crippen LogP contribution in [0.5, 0.6) is 5.75 Å². The highest BCUT2D eigenvalue weighted by molar-refractivity contribution is 7.15. The van der Waals surface area contributed by atoms with E-state index in [1.807, 2.05) is 12.1 Å². The maximum Gasteiger partial charge on any atom is 0.341 e. The highest BCUT2D eigenvalue weighted by Gasteiger charge is 2.22. The van der Waals surface area contributed by atoms with Crippen LogP contribution >= 0.6 is 22.9 Å². The van der Waals surface area contributed by atoms with Crippen molar-refractivity contribution in [1.29, 1.82) is 0 Å². The summed E-state index contributed by atoms with van der Waals surface area (Å²) in [6, 6.07) is 13.9. The number of methoxy groups -OCH3 is 2. The Bertz CT molecular complexity index is 982. The van der Waals surface area contributed by atoms with E-state index in [4.69, 9.17) is 21.1 Å². The Morgan fingerprint density at radius 3 is 2.48 bits per heavy atom. The van der Waals surface area contributed by atoms with Gasteiger partial charge in [-0.05, 0) is 35.9 Å². The van der Waals surface area contributed by atoms with Crippen LogP contribution in [0.15, 0.2) is 53.9 Å². The predicted octanol–water partition coefficient (Wildman–Crippen LogP) is 5.12. The third-order valence-electron chi connectivity index (χ3n) is 3.89. The zero-order valence-electron chi connectivity index (χ0n) is 14.6. The fourth-order valence-electron chi connectivity index (χ4n) is 2.54. The smallest absolute Gasteiger partial charge is 0.341 e. The van der Waals surface area contributed by atoms with Crippen molar-refractivity contribution in [3.63, 3.8) is 0 Å². The Kier molecular flexibility index (Phi) is 5.78. The second kappa shape index (κ2) is 8.24. The number of carbonyl (C=O) groups is 2. The number of nitrogens with one attached hydrogen (secondary N) is 1. The molecule has 0 saturated heterocycles. The minimum absolute atomic E-state index is 0.307. The number of ether oxygens (including phenoxy) is 2. The van der Waals surface area contributed by atoms with Gasteiger partial charge in [0.1, 0.15) is 16.3 Å². The van der Waals surface area contributed by atoms with Crippen LogP contribution in [0.1, 0.15) is 20.7 Å². The minimum Gasteiger partial charge on any atom is -0.497 e. The molecular formula is C20H16ClNO4S. The number of carbonyl (C=O) groups excluding carboxylic acids is 2. The van der Waals surface area contributed by atoms with Gasteiger partial charge in [-0.15, -0.1) is 11.3 Å². The summed E-state index contributed by atoms with van der Waals surface area (Å²) in [6.45, 7) is 0. The number of rotatable bonds is 5. The molecular weight excluding hydrogens is 386 g/mol. The van der Waals surface area contributed by atoms with Crippen LogP contribution in [0.3, 0.4) is 0 Å². The lowest BCUT2D eigenvalue weighted by Crippen LogP contribution is -2.14. The van der Waals surface area contributed by atoms with Crippen LogP contribution in [0.4, 0.5) is 5.00 Å². The normalized spacial score (nSPS) is 10.3. The van der Waals surface area contributed by atoms with Gasteiger partial charge in [-0.1, -0.05) is 29.8 Å². The standard InChI is InChI=1S/C20H16ClNO4S/c1-25-15-5-3-4-13(10-15)18(23)22-19-17(20(24)26-2)16(11-27-19)12-6-8-14(21)9-7-12/h3-11H,1-2H3,(H,22,23). The third-order valence-corrected chi connectivity index (χ3v) is 5.04. The lowest BCUT2D eigenvalue weighted by atomic mass is 10.0. The molecule has 0 aliphatic heterocycles. The van der Waals surface area contributed by atoms with Crippen molar-refractivity contribution in [3.8, 4) is 16.9 Å². The van der Waals surface area contributed by atoms with Crippen LogP contribution in [0.2, 0.25) is 5.02 Å². The molecule has 138 valence electrons. The number of hydrogen-bond donors (Lipinski definition) is 1. The zero-order valence-corrected chi connectivity index (χ0v) is 16.2. The molecule has 1 N–H and O–H groups in total. The van der Waals surface area contributed by atoms with Crippen molar-refractivity contribution >= 4 is 39.8 Å². The van der Waals surface area contributed by atoms with E-state index in [1.54, 1.807) is 41.8 Å². The predicted molar refractivity (Wildman–Crippen MR) is 107 cm³/mol. The Hall–Kier alpha value is -2.83. The van der Waals surface area contributed by atoms with Crippen molar-refractivity contribution in [2.45, 2.75) is 0 Å². The first-order chi connectivity index (χ1) is 13.0. The highest BCUT2D eigenvalue weighted by Crippen LogP contribution is 2.36. The summed E-state index contributed by atoms with van der Waals surface area (Å²) >= 11 is 7.19. The number of anilines is 1. The van der Waals surface area contributed by atoms with E-state index in [0.29, 0.717) is 32.5 Å². The number of esters is 1. The SMILES string of the molecule is COC(=O)c1c(-c2ccc(Cl)cc2)csc1NC(=O)c1cccc(OC)c1. The summed E-state index contributed by atoms with van der Waals surface area (Å²) < 4.78 is 10.1. The first-order valence-electron chi connectivity index (χ1n) is 7.94. The van der Waals surface area contributed by atoms with Gasteiger partial charge in [-0.3, -0.25) is 4.79 Å². The molecule has 0 radical (unpaired) electrons. The van der Waals surface area contributed by atoms with Gasteiger partial charge in [0, 0.05) is 21.5 Å². The van der Waals surface area contributed by atoms with Gasteiger partial charge in [0.15, 0.2) is 0 Å². The molecule has 0 bridgehead atoms. The summed E-state index contributed by atoms with van der Waals surface area (Å²) in [7, 11) is 2.84. The molecule has 27 heavy (non-hydrogen) atoms. The molecule has 3 rings (SSSR count). The molecule has 0 aliphatic rings. The fraction of sp³-hybridized carbons (Fsp3) is 0.100. The van der Waals surface area contributed by atoms with Crippen molar-refractivity contribution in [1.82, 2.24) is 0 Å². The summed E-state index contributed by atoms with van der Waals surface area (Å²) in [6.07, 6.45) is 0. The molecule has 0 fully saturated rings. The van der Waals surface area contributed by atoms with E-state index in [9.17, 15) is 9.59 Å². The first-order valence-corrected chi connectivity index (χ1v) is 9.20. The Morgan fingerprint density at radius 1 is 1.07 bits per heavy atom. The molecule has 1 aromatic heterocycles. The van der Waals surface area contributed by atoms with Crippen molar-refractivity contribution in [3.05, 3.63) is 70.1 Å². The van der Waals surface area contributed by atoms with Crippen LogP contribution in [0.25, 0.3) is 11.1 Å². The molecule has 0 spiro atoms. The lowest BCUT2D eigenvalue weighted by Gasteiger charge is -2.09. The van der Waals surface area contributed by atoms with Gasteiger partial charge in [-0.2, -0.15) is 0 Å². The van der Waals surface area contributed by atoms with Crippen molar-refractivity contribution in [2.24, 2.45) is 0 Å². The van der Waals surface area contributed by atoms with E-state index in [1.165, 1.54) is 25.6 Å². The third kappa shape index (κ3) is 4.13. The maximum absolute atomic E-state index is 12.6. The summed E-state index contributed by atoms with van der Waals surface area (Å²) in [5.41, 5.74) is 2.20. The first kappa shape index (κ1) is 18.9. The minimum atomic E-state index is -0.526. The molecule has 0 aliphatic carbocycles. The van der Waals surface area contributed by atoms with Crippen molar-refractivity contribution < 1.29 is 19.1 Å².